The molecule has 0 bridgehead atoms. The summed E-state index contributed by atoms with van der Waals surface area (Å²) < 4.78 is 5.70. The van der Waals surface area contributed by atoms with Gasteiger partial charge in [0, 0.05) is 18.3 Å². The highest BCUT2D eigenvalue weighted by molar-refractivity contribution is 5.94. The molecule has 4 heteroatoms. The fraction of sp³-hybridized carbons (Fsp3) is 0.588. The van der Waals surface area contributed by atoms with Crippen molar-refractivity contribution in [2.24, 2.45) is 0 Å². The Morgan fingerprint density at radius 3 is 2.62 bits per heavy atom. The molecule has 2 N–H and O–H groups in total. The minimum atomic E-state index is -0.217. The molecule has 1 saturated heterocycles. The van der Waals surface area contributed by atoms with E-state index in [1.807, 2.05) is 38.1 Å². The fourth-order valence-corrected chi connectivity index (χ4v) is 2.69. The molecule has 116 valence electrons. The van der Waals surface area contributed by atoms with Gasteiger partial charge in [-0.15, -0.1) is 0 Å². The van der Waals surface area contributed by atoms with Crippen LogP contribution < -0.4 is 10.6 Å². The summed E-state index contributed by atoms with van der Waals surface area (Å²) in [7, 11) is 0. The van der Waals surface area contributed by atoms with E-state index < -0.39 is 0 Å². The van der Waals surface area contributed by atoms with Crippen LogP contribution in [0.5, 0.6) is 0 Å². The molecule has 0 spiro atoms. The van der Waals surface area contributed by atoms with Gasteiger partial charge in [-0.25, -0.2) is 0 Å². The minimum Gasteiger partial charge on any atom is -0.375 e. The molecule has 0 saturated carbocycles. The number of carbonyl (C=O) groups is 1. The molecule has 1 aromatic carbocycles. The van der Waals surface area contributed by atoms with Crippen molar-refractivity contribution in [1.82, 2.24) is 5.32 Å². The van der Waals surface area contributed by atoms with E-state index in [1.54, 1.807) is 0 Å². The predicted molar refractivity (Wildman–Crippen MR) is 85.5 cm³/mol. The van der Waals surface area contributed by atoms with Gasteiger partial charge >= 0.3 is 0 Å². The average molecular weight is 290 g/mol. The van der Waals surface area contributed by atoms with Crippen molar-refractivity contribution in [2.75, 3.05) is 11.9 Å². The number of hydrogen-bond acceptors (Lipinski definition) is 3. The van der Waals surface area contributed by atoms with Crippen LogP contribution in [0.3, 0.4) is 0 Å². The first-order valence-electron chi connectivity index (χ1n) is 7.63. The number of anilines is 1. The molecule has 0 aliphatic carbocycles. The SMILES string of the molecule is Cc1ccc(NC(=O)C(C)NC2CCOC(C)(C)C2)cc1. The average Bonchev–Trinajstić information content (AvgIpc) is 2.40. The van der Waals surface area contributed by atoms with Crippen LogP contribution in [0.15, 0.2) is 24.3 Å². The molecule has 2 unspecified atom stereocenters. The topological polar surface area (TPSA) is 50.4 Å². The Balaban J connectivity index is 1.86. The van der Waals surface area contributed by atoms with E-state index in [-0.39, 0.29) is 17.6 Å². The van der Waals surface area contributed by atoms with Crippen molar-refractivity contribution < 1.29 is 9.53 Å². The molecule has 21 heavy (non-hydrogen) atoms. The summed E-state index contributed by atoms with van der Waals surface area (Å²) in [6.45, 7) is 8.88. The van der Waals surface area contributed by atoms with E-state index in [9.17, 15) is 4.79 Å². The molecule has 1 aliphatic heterocycles. The first-order chi connectivity index (χ1) is 9.85. The van der Waals surface area contributed by atoms with E-state index in [1.165, 1.54) is 5.56 Å². The molecule has 1 heterocycles. The monoisotopic (exact) mass is 290 g/mol. The van der Waals surface area contributed by atoms with Gasteiger partial charge in [-0.05, 0) is 52.7 Å². The number of carbonyl (C=O) groups excluding carboxylic acids is 1. The first-order valence-corrected chi connectivity index (χ1v) is 7.63. The van der Waals surface area contributed by atoms with Crippen molar-refractivity contribution >= 4 is 11.6 Å². The van der Waals surface area contributed by atoms with Crippen LogP contribution in [0.4, 0.5) is 5.69 Å². The van der Waals surface area contributed by atoms with Gasteiger partial charge in [0.05, 0.1) is 11.6 Å². The van der Waals surface area contributed by atoms with Gasteiger partial charge in [-0.3, -0.25) is 4.79 Å². The van der Waals surface area contributed by atoms with Crippen LogP contribution in [-0.4, -0.2) is 30.2 Å². The Bertz CT molecular complexity index is 482. The van der Waals surface area contributed by atoms with E-state index in [0.29, 0.717) is 6.04 Å². The second-order valence-corrected chi connectivity index (χ2v) is 6.54. The third-order valence-corrected chi connectivity index (χ3v) is 3.90. The first kappa shape index (κ1) is 16.0. The van der Waals surface area contributed by atoms with Gasteiger partial charge in [0.15, 0.2) is 0 Å². The second kappa shape index (κ2) is 6.58. The van der Waals surface area contributed by atoms with E-state index >= 15 is 0 Å². The van der Waals surface area contributed by atoms with Crippen molar-refractivity contribution in [3.05, 3.63) is 29.8 Å². The predicted octanol–water partition coefficient (Wildman–Crippen LogP) is 2.87. The quantitative estimate of drug-likeness (QED) is 0.896. The van der Waals surface area contributed by atoms with Crippen LogP contribution in [-0.2, 0) is 9.53 Å². The summed E-state index contributed by atoms with van der Waals surface area (Å²) in [5, 5.41) is 6.36. The maximum atomic E-state index is 12.2. The lowest BCUT2D eigenvalue weighted by molar-refractivity contribution is -0.118. The van der Waals surface area contributed by atoms with E-state index in [2.05, 4.69) is 24.5 Å². The molecule has 1 amide bonds. The molecule has 0 aromatic heterocycles. The molecular weight excluding hydrogens is 264 g/mol. The Kier molecular flexibility index (Phi) is 5.01. The normalized spacial score (nSPS) is 22.6. The molecule has 1 aliphatic rings. The molecule has 1 fully saturated rings. The number of nitrogens with one attached hydrogen (secondary N) is 2. The van der Waals surface area contributed by atoms with Crippen LogP contribution in [0, 0.1) is 6.92 Å². The summed E-state index contributed by atoms with van der Waals surface area (Å²) in [4.78, 5) is 12.2. The summed E-state index contributed by atoms with van der Waals surface area (Å²) >= 11 is 0. The number of aryl methyl sites for hydroxylation is 1. The lowest BCUT2D eigenvalue weighted by atomic mass is 9.93. The zero-order valence-electron chi connectivity index (χ0n) is 13.4. The van der Waals surface area contributed by atoms with E-state index in [4.69, 9.17) is 4.74 Å². The molecule has 2 atom stereocenters. The summed E-state index contributed by atoms with van der Waals surface area (Å²) in [5.41, 5.74) is 1.92. The van der Waals surface area contributed by atoms with Crippen molar-refractivity contribution in [3.63, 3.8) is 0 Å². The zero-order valence-corrected chi connectivity index (χ0v) is 13.4. The molecular formula is C17H26N2O2. The number of benzene rings is 1. The van der Waals surface area contributed by atoms with Crippen molar-refractivity contribution in [2.45, 2.75) is 58.2 Å². The minimum absolute atomic E-state index is 0.00292. The summed E-state index contributed by atoms with van der Waals surface area (Å²) in [6, 6.07) is 7.95. The molecule has 1 aromatic rings. The highest BCUT2D eigenvalue weighted by atomic mass is 16.5. The Hall–Kier alpha value is -1.39. The maximum Gasteiger partial charge on any atom is 0.241 e. The standard InChI is InChI=1S/C17H26N2O2/c1-12-5-7-14(8-6-12)19-16(20)13(2)18-15-9-10-21-17(3,4)11-15/h5-8,13,15,18H,9-11H2,1-4H3,(H,19,20). The van der Waals surface area contributed by atoms with Crippen LogP contribution >= 0.6 is 0 Å². The molecule has 2 rings (SSSR count). The number of rotatable bonds is 4. The smallest absolute Gasteiger partial charge is 0.241 e. The Labute approximate surface area is 127 Å². The Morgan fingerprint density at radius 2 is 2.00 bits per heavy atom. The fourth-order valence-electron chi connectivity index (χ4n) is 2.69. The van der Waals surface area contributed by atoms with Crippen LogP contribution in [0.2, 0.25) is 0 Å². The molecule has 4 nitrogen and oxygen atoms in total. The summed E-state index contributed by atoms with van der Waals surface area (Å²) in [5.74, 6) is 0.00292. The van der Waals surface area contributed by atoms with Crippen LogP contribution in [0.25, 0.3) is 0 Å². The van der Waals surface area contributed by atoms with Gasteiger partial charge in [0.1, 0.15) is 0 Å². The second-order valence-electron chi connectivity index (χ2n) is 6.54. The maximum absolute atomic E-state index is 12.2. The summed E-state index contributed by atoms with van der Waals surface area (Å²) in [6.07, 6.45) is 1.88. The lowest BCUT2D eigenvalue weighted by Crippen LogP contribution is -2.49. The van der Waals surface area contributed by atoms with Gasteiger partial charge in [-0.1, -0.05) is 17.7 Å². The third kappa shape index (κ3) is 4.83. The number of amides is 1. The third-order valence-electron chi connectivity index (χ3n) is 3.90. The van der Waals surface area contributed by atoms with Crippen LogP contribution in [0.1, 0.15) is 39.2 Å². The van der Waals surface area contributed by atoms with Crippen molar-refractivity contribution in [1.29, 1.82) is 0 Å². The highest BCUT2D eigenvalue weighted by Crippen LogP contribution is 2.24. The highest BCUT2D eigenvalue weighted by Gasteiger charge is 2.30. The van der Waals surface area contributed by atoms with Gasteiger partial charge in [0.25, 0.3) is 0 Å². The lowest BCUT2D eigenvalue weighted by Gasteiger charge is -2.37. The number of hydrogen-bond donors (Lipinski definition) is 2. The largest absolute Gasteiger partial charge is 0.375 e. The van der Waals surface area contributed by atoms with Gasteiger partial charge in [0.2, 0.25) is 5.91 Å². The van der Waals surface area contributed by atoms with E-state index in [0.717, 1.165) is 25.1 Å². The Morgan fingerprint density at radius 1 is 1.33 bits per heavy atom. The van der Waals surface area contributed by atoms with Gasteiger partial charge in [-0.2, -0.15) is 0 Å². The van der Waals surface area contributed by atoms with Crippen molar-refractivity contribution in [3.8, 4) is 0 Å². The zero-order chi connectivity index (χ0) is 15.5. The molecule has 0 radical (unpaired) electrons. The van der Waals surface area contributed by atoms with Gasteiger partial charge < -0.3 is 15.4 Å². The number of ether oxygens (including phenoxy) is 1.